The molecule has 0 heterocycles. The quantitative estimate of drug-likeness (QED) is 0.394. The van der Waals surface area contributed by atoms with Crippen molar-refractivity contribution in [3.8, 4) is 11.8 Å². The molecule has 1 N–H and O–H groups in total. The van der Waals surface area contributed by atoms with E-state index >= 15 is 0 Å². The van der Waals surface area contributed by atoms with Crippen LogP contribution >= 0.6 is 23.5 Å². The largest absolute Gasteiger partial charge is 0.497 e. The molecule has 29 heavy (non-hydrogen) atoms. The fourth-order valence-corrected chi connectivity index (χ4v) is 4.52. The topological polar surface area (TPSA) is 62.1 Å². The van der Waals surface area contributed by atoms with Gasteiger partial charge in [-0.1, -0.05) is 59.9 Å². The Morgan fingerprint density at radius 3 is 1.83 bits per heavy atom. The highest BCUT2D eigenvalue weighted by Gasteiger charge is 2.15. The average Bonchev–Trinajstić information content (AvgIpc) is 2.78. The summed E-state index contributed by atoms with van der Waals surface area (Å²) in [6.07, 6.45) is 0. The van der Waals surface area contributed by atoms with Crippen molar-refractivity contribution in [3.63, 3.8) is 0 Å². The van der Waals surface area contributed by atoms with Crippen LogP contribution in [0.4, 0.5) is 0 Å². The van der Waals surface area contributed by atoms with Gasteiger partial charge in [-0.3, -0.25) is 4.79 Å². The number of rotatable bonds is 7. The third-order valence-electron chi connectivity index (χ3n) is 3.81. The molecule has 3 rings (SSSR count). The number of nitrogens with one attached hydrogen (secondary N) is 1. The summed E-state index contributed by atoms with van der Waals surface area (Å²) in [4.78, 5) is 14.6. The third kappa shape index (κ3) is 5.92. The predicted octanol–water partition coefficient (Wildman–Crippen LogP) is 5.70. The molecule has 4 nitrogen and oxygen atoms in total. The van der Waals surface area contributed by atoms with E-state index < -0.39 is 0 Å². The molecule has 0 radical (unpaired) electrons. The molecule has 0 aliphatic rings. The Hall–Kier alpha value is -3.14. The van der Waals surface area contributed by atoms with E-state index in [9.17, 15) is 10.1 Å². The molecule has 6 heteroatoms. The molecule has 0 saturated carbocycles. The maximum atomic E-state index is 12.7. The van der Waals surface area contributed by atoms with Gasteiger partial charge in [0.2, 0.25) is 0 Å². The SMILES string of the molecule is COc1ccc(C(=O)NC(C#N)=C(Sc2ccccc2)Sc2ccccc2)cc1. The monoisotopic (exact) mass is 418 g/mol. The van der Waals surface area contributed by atoms with Crippen LogP contribution in [0.15, 0.2) is 105 Å². The summed E-state index contributed by atoms with van der Waals surface area (Å²) in [5.74, 6) is 0.321. The van der Waals surface area contributed by atoms with Crippen LogP contribution in [0.5, 0.6) is 5.75 Å². The van der Waals surface area contributed by atoms with Crippen LogP contribution in [0.3, 0.4) is 0 Å². The second-order valence-electron chi connectivity index (χ2n) is 5.79. The Morgan fingerprint density at radius 2 is 1.38 bits per heavy atom. The Morgan fingerprint density at radius 1 is 0.862 bits per heavy atom. The standard InChI is InChI=1S/C23H18N2O2S2/c1-27-18-14-12-17(13-15-18)22(26)25-21(16-24)23(28-19-8-4-2-5-9-19)29-20-10-6-3-7-11-20/h2-15H,1H3,(H,25,26). The average molecular weight is 419 g/mol. The van der Waals surface area contributed by atoms with Crippen molar-refractivity contribution in [2.45, 2.75) is 9.79 Å². The third-order valence-corrected chi connectivity index (χ3v) is 6.11. The first-order valence-corrected chi connectivity index (χ1v) is 10.4. The van der Waals surface area contributed by atoms with Crippen LogP contribution in [0.25, 0.3) is 0 Å². The van der Waals surface area contributed by atoms with Crippen molar-refractivity contribution >= 4 is 29.4 Å². The number of thioether (sulfide) groups is 2. The number of carbonyl (C=O) groups excluding carboxylic acids is 1. The van der Waals surface area contributed by atoms with Gasteiger partial charge >= 0.3 is 0 Å². The summed E-state index contributed by atoms with van der Waals surface area (Å²) in [5.41, 5.74) is 0.667. The first kappa shape index (κ1) is 20.6. The van der Waals surface area contributed by atoms with Crippen molar-refractivity contribution in [3.05, 3.63) is 100 Å². The zero-order valence-corrected chi connectivity index (χ0v) is 17.3. The summed E-state index contributed by atoms with van der Waals surface area (Å²) in [6.45, 7) is 0. The molecule has 0 fully saturated rings. The van der Waals surface area contributed by atoms with Gasteiger partial charge in [-0.25, -0.2) is 0 Å². The fraction of sp³-hybridized carbons (Fsp3) is 0.0435. The number of amides is 1. The molecule has 0 bridgehead atoms. The van der Waals surface area contributed by atoms with Gasteiger partial charge in [0, 0.05) is 15.4 Å². The van der Waals surface area contributed by atoms with Gasteiger partial charge < -0.3 is 10.1 Å². The lowest BCUT2D eigenvalue weighted by Gasteiger charge is -2.12. The van der Waals surface area contributed by atoms with E-state index in [0.29, 0.717) is 15.6 Å². The van der Waals surface area contributed by atoms with Crippen LogP contribution in [-0.4, -0.2) is 13.0 Å². The van der Waals surface area contributed by atoms with Crippen LogP contribution in [-0.2, 0) is 0 Å². The van der Waals surface area contributed by atoms with Gasteiger partial charge in [0.25, 0.3) is 5.91 Å². The molecular weight excluding hydrogens is 400 g/mol. The van der Waals surface area contributed by atoms with E-state index in [1.807, 2.05) is 60.7 Å². The summed E-state index contributed by atoms with van der Waals surface area (Å²) in [6, 6.07) is 28.4. The fourth-order valence-electron chi connectivity index (χ4n) is 2.37. The number of benzene rings is 3. The highest BCUT2D eigenvalue weighted by Crippen LogP contribution is 2.40. The molecule has 0 unspecified atom stereocenters. The maximum absolute atomic E-state index is 12.7. The number of carbonyl (C=O) groups is 1. The number of allylic oxidation sites excluding steroid dienone is 1. The lowest BCUT2D eigenvalue weighted by Crippen LogP contribution is -2.22. The molecular formula is C23H18N2O2S2. The molecule has 1 amide bonds. The van der Waals surface area contributed by atoms with E-state index in [1.165, 1.54) is 23.5 Å². The number of hydrogen-bond acceptors (Lipinski definition) is 5. The summed E-state index contributed by atoms with van der Waals surface area (Å²) < 4.78 is 5.82. The normalized spacial score (nSPS) is 9.93. The van der Waals surface area contributed by atoms with Gasteiger partial charge in [-0.15, -0.1) is 0 Å². The highest BCUT2D eigenvalue weighted by atomic mass is 32.2. The van der Waals surface area contributed by atoms with E-state index in [1.54, 1.807) is 31.4 Å². The minimum atomic E-state index is -0.343. The van der Waals surface area contributed by atoms with Crippen LogP contribution in [0.1, 0.15) is 10.4 Å². The van der Waals surface area contributed by atoms with E-state index in [-0.39, 0.29) is 11.6 Å². The molecule has 0 aliphatic heterocycles. The highest BCUT2D eigenvalue weighted by molar-refractivity contribution is 8.22. The second kappa shape index (κ2) is 10.4. The molecule has 0 aliphatic carbocycles. The van der Waals surface area contributed by atoms with Crippen LogP contribution in [0.2, 0.25) is 0 Å². The van der Waals surface area contributed by atoms with Crippen LogP contribution in [0, 0.1) is 11.3 Å². The molecule has 0 atom stereocenters. The number of nitrogens with zero attached hydrogens (tertiary/aromatic N) is 1. The number of hydrogen-bond donors (Lipinski definition) is 1. The predicted molar refractivity (Wildman–Crippen MR) is 118 cm³/mol. The van der Waals surface area contributed by atoms with Gasteiger partial charge in [-0.2, -0.15) is 5.26 Å². The Labute approximate surface area is 178 Å². The van der Waals surface area contributed by atoms with Crippen molar-refractivity contribution in [2.75, 3.05) is 7.11 Å². The summed E-state index contributed by atoms with van der Waals surface area (Å²) in [7, 11) is 1.57. The minimum absolute atomic E-state index is 0.216. The van der Waals surface area contributed by atoms with Gasteiger partial charge in [0.05, 0.1) is 11.3 Å². The molecule has 144 valence electrons. The maximum Gasteiger partial charge on any atom is 0.256 e. The number of nitriles is 1. The summed E-state index contributed by atoms with van der Waals surface area (Å²) in [5, 5.41) is 12.5. The Balaban J connectivity index is 1.89. The zero-order chi connectivity index (χ0) is 20.5. The first-order chi connectivity index (χ1) is 14.2. The molecule has 0 saturated heterocycles. The Kier molecular flexibility index (Phi) is 7.40. The lowest BCUT2D eigenvalue weighted by molar-refractivity contribution is 0.0967. The van der Waals surface area contributed by atoms with Crippen molar-refractivity contribution < 1.29 is 9.53 Å². The lowest BCUT2D eigenvalue weighted by atomic mass is 10.2. The molecule has 3 aromatic rings. The van der Waals surface area contributed by atoms with E-state index in [0.717, 1.165) is 9.79 Å². The second-order valence-corrected chi connectivity index (χ2v) is 8.21. The van der Waals surface area contributed by atoms with Gasteiger partial charge in [0.15, 0.2) is 0 Å². The van der Waals surface area contributed by atoms with Gasteiger partial charge in [0.1, 0.15) is 17.5 Å². The Bertz CT molecular complexity index is 984. The zero-order valence-electron chi connectivity index (χ0n) is 15.7. The minimum Gasteiger partial charge on any atom is -0.497 e. The van der Waals surface area contributed by atoms with E-state index in [2.05, 4.69) is 11.4 Å². The molecule has 0 aromatic heterocycles. The molecule has 0 spiro atoms. The smallest absolute Gasteiger partial charge is 0.256 e. The number of methoxy groups -OCH3 is 1. The summed E-state index contributed by atoms with van der Waals surface area (Å²) >= 11 is 2.89. The van der Waals surface area contributed by atoms with Crippen molar-refractivity contribution in [2.24, 2.45) is 0 Å². The van der Waals surface area contributed by atoms with Gasteiger partial charge in [-0.05, 0) is 48.5 Å². The van der Waals surface area contributed by atoms with Crippen molar-refractivity contribution in [1.29, 1.82) is 5.26 Å². The number of ether oxygens (including phenoxy) is 1. The van der Waals surface area contributed by atoms with Crippen molar-refractivity contribution in [1.82, 2.24) is 5.32 Å². The first-order valence-electron chi connectivity index (χ1n) is 8.75. The molecule has 3 aromatic carbocycles. The van der Waals surface area contributed by atoms with E-state index in [4.69, 9.17) is 4.74 Å². The van der Waals surface area contributed by atoms with Crippen LogP contribution < -0.4 is 10.1 Å².